The molecule has 1 aromatic heterocycles. The molecule has 1 amide bonds. The van der Waals surface area contributed by atoms with Crippen molar-refractivity contribution < 1.29 is 4.79 Å². The van der Waals surface area contributed by atoms with Gasteiger partial charge in [0.05, 0.1) is 0 Å². The Balaban J connectivity index is 1.91. The molecule has 0 unspecified atom stereocenters. The highest BCUT2D eigenvalue weighted by atomic mass is 32.1. The predicted molar refractivity (Wildman–Crippen MR) is 55.6 cm³/mol. The molecule has 0 aliphatic heterocycles. The quantitative estimate of drug-likeness (QED) is 0.763. The summed E-state index contributed by atoms with van der Waals surface area (Å²) < 4.78 is 0. The van der Waals surface area contributed by atoms with Gasteiger partial charge in [0.15, 0.2) is 0 Å². The number of hydrogen-bond donors (Lipinski definition) is 0. The number of aromatic nitrogens is 1. The van der Waals surface area contributed by atoms with Gasteiger partial charge in [0.25, 0.3) is 5.91 Å². The summed E-state index contributed by atoms with van der Waals surface area (Å²) >= 11 is 1.53. The Labute approximate surface area is 87.6 Å². The average molecular weight is 209 g/mol. The van der Waals surface area contributed by atoms with Crippen LogP contribution in [0.4, 0.5) is 5.13 Å². The number of rotatable bonds is 4. The molecule has 2 rings (SSSR count). The monoisotopic (exact) mass is 209 g/mol. The molecular weight excluding hydrogens is 196 g/mol. The molecule has 1 radical (unpaired) electrons. The molecule has 4 heteroatoms. The zero-order chi connectivity index (χ0) is 9.97. The summed E-state index contributed by atoms with van der Waals surface area (Å²) in [6.45, 7) is 2.13. The molecule has 1 aromatic rings. The molecule has 0 N–H and O–H groups in total. The van der Waals surface area contributed by atoms with Crippen LogP contribution in [-0.2, 0) is 11.2 Å². The van der Waals surface area contributed by atoms with Gasteiger partial charge in [-0.3, -0.25) is 4.79 Å². The van der Waals surface area contributed by atoms with E-state index in [0.29, 0.717) is 5.13 Å². The van der Waals surface area contributed by atoms with Gasteiger partial charge in [-0.1, -0.05) is 24.7 Å². The van der Waals surface area contributed by atoms with Crippen LogP contribution in [0, 0.1) is 5.92 Å². The SMILES string of the molecule is CCCc1cnc([N]C(=O)C2CC2)s1. The summed E-state index contributed by atoms with van der Waals surface area (Å²) in [7, 11) is 0. The Morgan fingerprint density at radius 3 is 3.14 bits per heavy atom. The van der Waals surface area contributed by atoms with Crippen LogP contribution in [0.3, 0.4) is 0 Å². The Hall–Kier alpha value is -0.900. The Morgan fingerprint density at radius 1 is 1.71 bits per heavy atom. The van der Waals surface area contributed by atoms with Crippen LogP contribution in [0.5, 0.6) is 0 Å². The molecule has 0 bridgehead atoms. The summed E-state index contributed by atoms with van der Waals surface area (Å²) in [4.78, 5) is 16.7. The lowest BCUT2D eigenvalue weighted by atomic mass is 10.3. The first kappa shape index (κ1) is 9.65. The minimum Gasteiger partial charge on any atom is -0.272 e. The molecule has 0 aromatic carbocycles. The highest BCUT2D eigenvalue weighted by Crippen LogP contribution is 2.31. The lowest BCUT2D eigenvalue weighted by Crippen LogP contribution is -2.11. The van der Waals surface area contributed by atoms with Crippen molar-refractivity contribution in [3.8, 4) is 0 Å². The maximum atomic E-state index is 11.3. The number of amides is 1. The van der Waals surface area contributed by atoms with Gasteiger partial charge in [-0.05, 0) is 19.3 Å². The first-order chi connectivity index (χ1) is 6.79. The molecule has 0 spiro atoms. The van der Waals surface area contributed by atoms with Crippen molar-refractivity contribution in [2.75, 3.05) is 0 Å². The fourth-order valence-electron chi connectivity index (χ4n) is 1.23. The summed E-state index contributed by atoms with van der Waals surface area (Å²) in [5.41, 5.74) is 0. The molecule has 0 atom stereocenters. The van der Waals surface area contributed by atoms with E-state index in [1.807, 2.05) is 6.20 Å². The van der Waals surface area contributed by atoms with Crippen LogP contribution in [-0.4, -0.2) is 10.9 Å². The second kappa shape index (κ2) is 4.09. The van der Waals surface area contributed by atoms with E-state index in [1.165, 1.54) is 16.2 Å². The number of carbonyl (C=O) groups is 1. The van der Waals surface area contributed by atoms with Crippen molar-refractivity contribution in [1.82, 2.24) is 10.3 Å². The number of thiazole rings is 1. The Morgan fingerprint density at radius 2 is 2.50 bits per heavy atom. The lowest BCUT2D eigenvalue weighted by molar-refractivity contribution is -0.121. The van der Waals surface area contributed by atoms with Gasteiger partial charge < -0.3 is 0 Å². The van der Waals surface area contributed by atoms with E-state index in [2.05, 4.69) is 17.2 Å². The molecule has 1 aliphatic rings. The van der Waals surface area contributed by atoms with Gasteiger partial charge in [-0.25, -0.2) is 4.98 Å². The van der Waals surface area contributed by atoms with Crippen molar-refractivity contribution in [3.63, 3.8) is 0 Å². The van der Waals surface area contributed by atoms with Crippen LogP contribution in [0.1, 0.15) is 31.1 Å². The topological polar surface area (TPSA) is 44.1 Å². The standard InChI is InChI=1S/C10H13N2OS/c1-2-3-8-6-11-10(14-8)12-9(13)7-4-5-7/h6-7H,2-5H2,1H3. The van der Waals surface area contributed by atoms with E-state index in [0.717, 1.165) is 25.7 Å². The minimum atomic E-state index is 0.0161. The normalized spacial score (nSPS) is 15.5. The number of hydrogen-bond acceptors (Lipinski definition) is 3. The Kier molecular flexibility index (Phi) is 2.82. The summed E-state index contributed by atoms with van der Waals surface area (Å²) in [6, 6.07) is 0. The van der Waals surface area contributed by atoms with Gasteiger partial charge >= 0.3 is 0 Å². The largest absolute Gasteiger partial charge is 0.272 e. The van der Waals surface area contributed by atoms with Crippen LogP contribution in [0.15, 0.2) is 6.20 Å². The molecule has 1 fully saturated rings. The van der Waals surface area contributed by atoms with E-state index in [-0.39, 0.29) is 11.8 Å². The Bertz CT molecular complexity index is 331. The second-order valence-corrected chi connectivity index (χ2v) is 4.68. The fourth-order valence-corrected chi connectivity index (χ4v) is 2.11. The molecule has 0 saturated heterocycles. The van der Waals surface area contributed by atoms with Crippen molar-refractivity contribution in [2.24, 2.45) is 5.92 Å². The van der Waals surface area contributed by atoms with Gasteiger partial charge in [0, 0.05) is 17.0 Å². The highest BCUT2D eigenvalue weighted by Gasteiger charge is 2.31. The lowest BCUT2D eigenvalue weighted by Gasteiger charge is -1.93. The predicted octanol–water partition coefficient (Wildman–Crippen LogP) is 2.27. The third-order valence-corrected chi connectivity index (χ3v) is 3.12. The van der Waals surface area contributed by atoms with Crippen molar-refractivity contribution >= 4 is 22.4 Å². The molecule has 75 valence electrons. The summed E-state index contributed by atoms with van der Waals surface area (Å²) in [5.74, 6) is 0.218. The summed E-state index contributed by atoms with van der Waals surface area (Å²) in [6.07, 6.45) is 5.99. The van der Waals surface area contributed by atoms with E-state index in [4.69, 9.17) is 0 Å². The molecule has 3 nitrogen and oxygen atoms in total. The zero-order valence-corrected chi connectivity index (χ0v) is 9.01. The minimum absolute atomic E-state index is 0.0161. The first-order valence-corrected chi connectivity index (χ1v) is 5.81. The van der Waals surface area contributed by atoms with Gasteiger partial charge in [-0.15, -0.1) is 0 Å². The molecular formula is C10H13N2OS. The van der Waals surface area contributed by atoms with Gasteiger partial charge in [0.2, 0.25) is 5.13 Å². The van der Waals surface area contributed by atoms with E-state index in [9.17, 15) is 4.79 Å². The summed E-state index contributed by atoms with van der Waals surface area (Å²) in [5, 5.41) is 4.62. The third-order valence-electron chi connectivity index (χ3n) is 2.17. The van der Waals surface area contributed by atoms with E-state index in [1.54, 1.807) is 0 Å². The second-order valence-electron chi connectivity index (χ2n) is 3.58. The number of aryl methyl sites for hydroxylation is 1. The van der Waals surface area contributed by atoms with Crippen molar-refractivity contribution in [3.05, 3.63) is 11.1 Å². The third kappa shape index (κ3) is 2.32. The highest BCUT2D eigenvalue weighted by molar-refractivity contribution is 7.15. The van der Waals surface area contributed by atoms with E-state index < -0.39 is 0 Å². The molecule has 14 heavy (non-hydrogen) atoms. The van der Waals surface area contributed by atoms with Crippen LogP contribution < -0.4 is 5.32 Å². The first-order valence-electron chi connectivity index (χ1n) is 5.00. The number of carbonyl (C=O) groups excluding carboxylic acids is 1. The fraction of sp³-hybridized carbons (Fsp3) is 0.600. The van der Waals surface area contributed by atoms with Gasteiger partial charge in [0.1, 0.15) is 0 Å². The smallest absolute Gasteiger partial charge is 0.251 e. The number of nitrogens with zero attached hydrogens (tertiary/aromatic N) is 2. The van der Waals surface area contributed by atoms with Crippen LogP contribution >= 0.6 is 11.3 Å². The molecule has 1 heterocycles. The van der Waals surface area contributed by atoms with Gasteiger partial charge in [-0.2, -0.15) is 5.32 Å². The molecule has 1 aliphatic carbocycles. The van der Waals surface area contributed by atoms with Crippen LogP contribution in [0.25, 0.3) is 0 Å². The van der Waals surface area contributed by atoms with Crippen molar-refractivity contribution in [1.29, 1.82) is 0 Å². The maximum absolute atomic E-state index is 11.3. The van der Waals surface area contributed by atoms with Crippen LogP contribution in [0.2, 0.25) is 0 Å². The van der Waals surface area contributed by atoms with E-state index >= 15 is 0 Å². The zero-order valence-electron chi connectivity index (χ0n) is 8.19. The maximum Gasteiger partial charge on any atom is 0.251 e. The van der Waals surface area contributed by atoms with Crippen molar-refractivity contribution in [2.45, 2.75) is 32.6 Å². The average Bonchev–Trinajstić information content (AvgIpc) is 2.92. The molecule has 1 saturated carbocycles.